The first-order valence-electron chi connectivity index (χ1n) is 5.99. The Morgan fingerprint density at radius 3 is 2.89 bits per heavy atom. The molecule has 0 saturated heterocycles. The van der Waals surface area contributed by atoms with Crippen LogP contribution >= 0.6 is 11.6 Å². The van der Waals surface area contributed by atoms with E-state index in [-0.39, 0.29) is 16.9 Å². The summed E-state index contributed by atoms with van der Waals surface area (Å²) in [5.74, 6) is -0.376. The Balaban J connectivity index is 2.61. The van der Waals surface area contributed by atoms with E-state index in [2.05, 4.69) is 12.2 Å². The van der Waals surface area contributed by atoms with Gasteiger partial charge in [0.25, 0.3) is 0 Å². The summed E-state index contributed by atoms with van der Waals surface area (Å²) >= 11 is 5.70. The van der Waals surface area contributed by atoms with Gasteiger partial charge in [-0.25, -0.2) is 4.39 Å². The monoisotopic (exact) mass is 275 g/mol. The highest BCUT2D eigenvalue weighted by molar-refractivity contribution is 6.30. The van der Waals surface area contributed by atoms with Gasteiger partial charge in [-0.15, -0.1) is 0 Å². The van der Waals surface area contributed by atoms with E-state index in [0.29, 0.717) is 13.2 Å². The van der Waals surface area contributed by atoms with E-state index in [1.165, 1.54) is 6.07 Å². The molecule has 0 saturated carbocycles. The van der Waals surface area contributed by atoms with Crippen LogP contribution in [0.5, 0.6) is 5.75 Å². The molecule has 0 spiro atoms. The van der Waals surface area contributed by atoms with Gasteiger partial charge in [0, 0.05) is 13.7 Å². The molecule has 5 heteroatoms. The third-order valence-electron chi connectivity index (χ3n) is 2.36. The van der Waals surface area contributed by atoms with E-state index in [0.717, 1.165) is 13.0 Å². The molecule has 0 heterocycles. The second-order valence-corrected chi connectivity index (χ2v) is 4.36. The maximum Gasteiger partial charge on any atom is 0.183 e. The molecule has 1 aromatic rings. The van der Waals surface area contributed by atoms with Crippen LogP contribution in [0, 0.1) is 5.82 Å². The predicted octanol–water partition coefficient (Wildman–Crippen LogP) is 2.87. The predicted molar refractivity (Wildman–Crippen MR) is 70.9 cm³/mol. The number of methoxy groups -OCH3 is 1. The zero-order chi connectivity index (χ0) is 13.4. The van der Waals surface area contributed by atoms with E-state index in [1.54, 1.807) is 19.2 Å². The van der Waals surface area contributed by atoms with Crippen molar-refractivity contribution in [1.29, 1.82) is 0 Å². The molecule has 0 amide bonds. The van der Waals surface area contributed by atoms with Gasteiger partial charge >= 0.3 is 0 Å². The fourth-order valence-corrected chi connectivity index (χ4v) is 1.68. The van der Waals surface area contributed by atoms with Crippen LogP contribution in [-0.2, 0) is 4.74 Å². The van der Waals surface area contributed by atoms with Crippen molar-refractivity contribution in [2.75, 3.05) is 26.8 Å². The van der Waals surface area contributed by atoms with Gasteiger partial charge in [0.15, 0.2) is 11.6 Å². The number of rotatable bonds is 8. The molecule has 1 atom stereocenters. The Morgan fingerprint density at radius 2 is 2.22 bits per heavy atom. The lowest BCUT2D eigenvalue weighted by Gasteiger charge is -2.19. The topological polar surface area (TPSA) is 30.5 Å². The van der Waals surface area contributed by atoms with Gasteiger partial charge in [-0.1, -0.05) is 24.6 Å². The molecule has 0 aliphatic heterocycles. The molecule has 102 valence electrons. The maximum absolute atomic E-state index is 13.7. The number of ether oxygens (including phenoxy) is 2. The SMILES string of the molecule is CCCNCC(COC)Oc1cccc(Cl)c1F. The first kappa shape index (κ1) is 15.2. The number of benzene rings is 1. The van der Waals surface area contributed by atoms with Crippen molar-refractivity contribution in [1.82, 2.24) is 5.32 Å². The molecule has 0 aliphatic carbocycles. The molecule has 0 fully saturated rings. The largest absolute Gasteiger partial charge is 0.484 e. The Morgan fingerprint density at radius 1 is 1.44 bits per heavy atom. The normalized spacial score (nSPS) is 12.4. The van der Waals surface area contributed by atoms with Crippen LogP contribution in [0.4, 0.5) is 4.39 Å². The highest BCUT2D eigenvalue weighted by atomic mass is 35.5. The van der Waals surface area contributed by atoms with Gasteiger partial charge in [0.05, 0.1) is 11.6 Å². The average Bonchev–Trinajstić information content (AvgIpc) is 2.35. The average molecular weight is 276 g/mol. The second kappa shape index (κ2) is 8.29. The number of nitrogens with one attached hydrogen (secondary N) is 1. The summed E-state index contributed by atoms with van der Waals surface area (Å²) in [4.78, 5) is 0. The zero-order valence-corrected chi connectivity index (χ0v) is 11.5. The van der Waals surface area contributed by atoms with E-state index < -0.39 is 5.82 Å². The molecule has 0 aliphatic rings. The quantitative estimate of drug-likeness (QED) is 0.740. The first-order chi connectivity index (χ1) is 8.69. The van der Waals surface area contributed by atoms with Crippen LogP contribution in [0.2, 0.25) is 5.02 Å². The standard InChI is InChI=1S/C13H19ClFNO2/c1-3-7-16-8-10(9-17-2)18-12-6-4-5-11(14)13(12)15/h4-6,10,16H,3,7-9H2,1-2H3. The van der Waals surface area contributed by atoms with Crippen molar-refractivity contribution >= 4 is 11.6 Å². The van der Waals surface area contributed by atoms with E-state index in [1.807, 2.05) is 0 Å². The summed E-state index contributed by atoms with van der Waals surface area (Å²) in [6.45, 7) is 3.97. The number of halogens is 2. The molecule has 1 rings (SSSR count). The maximum atomic E-state index is 13.7. The smallest absolute Gasteiger partial charge is 0.183 e. The summed E-state index contributed by atoms with van der Waals surface area (Å²) < 4.78 is 24.3. The molecule has 1 unspecified atom stereocenters. The lowest BCUT2D eigenvalue weighted by molar-refractivity contribution is 0.0780. The van der Waals surface area contributed by atoms with E-state index >= 15 is 0 Å². The van der Waals surface area contributed by atoms with E-state index in [9.17, 15) is 4.39 Å². The van der Waals surface area contributed by atoms with Crippen molar-refractivity contribution < 1.29 is 13.9 Å². The summed E-state index contributed by atoms with van der Waals surface area (Å²) in [6.07, 6.45) is 0.792. The van der Waals surface area contributed by atoms with Gasteiger partial charge in [-0.05, 0) is 25.1 Å². The Labute approximate surface area is 112 Å². The molecule has 1 aromatic carbocycles. The van der Waals surface area contributed by atoms with Gasteiger partial charge in [0.2, 0.25) is 0 Å². The summed E-state index contributed by atoms with van der Waals surface area (Å²) in [7, 11) is 1.59. The van der Waals surface area contributed by atoms with Crippen LogP contribution in [0.3, 0.4) is 0 Å². The van der Waals surface area contributed by atoms with Gasteiger partial charge in [-0.3, -0.25) is 0 Å². The Hall–Kier alpha value is -0.840. The van der Waals surface area contributed by atoms with Crippen molar-refractivity contribution in [2.45, 2.75) is 19.4 Å². The first-order valence-corrected chi connectivity index (χ1v) is 6.37. The Kier molecular flexibility index (Phi) is 7.01. The summed E-state index contributed by atoms with van der Waals surface area (Å²) in [6, 6.07) is 4.71. The van der Waals surface area contributed by atoms with Crippen molar-refractivity contribution in [3.8, 4) is 5.75 Å². The van der Waals surface area contributed by atoms with Crippen molar-refractivity contribution in [3.63, 3.8) is 0 Å². The van der Waals surface area contributed by atoms with Crippen LogP contribution in [0.25, 0.3) is 0 Å². The molecule has 3 nitrogen and oxygen atoms in total. The van der Waals surface area contributed by atoms with Gasteiger partial charge in [-0.2, -0.15) is 0 Å². The number of hydrogen-bond acceptors (Lipinski definition) is 3. The van der Waals surface area contributed by atoms with Crippen LogP contribution in [-0.4, -0.2) is 32.9 Å². The third-order valence-corrected chi connectivity index (χ3v) is 2.65. The molecule has 0 bridgehead atoms. The highest BCUT2D eigenvalue weighted by Gasteiger charge is 2.14. The molecule has 0 radical (unpaired) electrons. The molecular formula is C13H19ClFNO2. The third kappa shape index (κ3) is 4.80. The minimum Gasteiger partial charge on any atom is -0.484 e. The lowest BCUT2D eigenvalue weighted by Crippen LogP contribution is -2.35. The minimum atomic E-state index is -0.532. The summed E-state index contributed by atoms with van der Waals surface area (Å²) in [5.41, 5.74) is 0. The Bertz CT molecular complexity index is 363. The van der Waals surface area contributed by atoms with Crippen LogP contribution < -0.4 is 10.1 Å². The summed E-state index contributed by atoms with van der Waals surface area (Å²) in [5, 5.41) is 3.27. The lowest BCUT2D eigenvalue weighted by atomic mass is 10.3. The fourth-order valence-electron chi connectivity index (χ4n) is 1.51. The molecule has 0 aromatic heterocycles. The second-order valence-electron chi connectivity index (χ2n) is 3.95. The zero-order valence-electron chi connectivity index (χ0n) is 10.7. The fraction of sp³-hybridized carbons (Fsp3) is 0.538. The number of hydrogen-bond donors (Lipinski definition) is 1. The van der Waals surface area contributed by atoms with Crippen LogP contribution in [0.1, 0.15) is 13.3 Å². The minimum absolute atomic E-state index is 0.0604. The van der Waals surface area contributed by atoms with Crippen LogP contribution in [0.15, 0.2) is 18.2 Å². The van der Waals surface area contributed by atoms with E-state index in [4.69, 9.17) is 21.1 Å². The van der Waals surface area contributed by atoms with Gasteiger partial charge in [0.1, 0.15) is 6.10 Å². The van der Waals surface area contributed by atoms with Crippen molar-refractivity contribution in [2.24, 2.45) is 0 Å². The molecular weight excluding hydrogens is 257 g/mol. The van der Waals surface area contributed by atoms with Gasteiger partial charge < -0.3 is 14.8 Å². The highest BCUT2D eigenvalue weighted by Crippen LogP contribution is 2.24. The molecule has 1 N–H and O–H groups in total. The molecule has 18 heavy (non-hydrogen) atoms. The van der Waals surface area contributed by atoms with Crippen molar-refractivity contribution in [3.05, 3.63) is 29.0 Å².